The fourth-order valence-electron chi connectivity index (χ4n) is 1.18. The molecule has 0 amide bonds. The first kappa shape index (κ1) is 13.6. The van der Waals surface area contributed by atoms with Crippen molar-refractivity contribution in [3.63, 3.8) is 0 Å². The number of alkyl halides is 4. The van der Waals surface area contributed by atoms with Crippen LogP contribution in [0.3, 0.4) is 0 Å². The summed E-state index contributed by atoms with van der Waals surface area (Å²) in [7, 11) is 0. The van der Waals surface area contributed by atoms with E-state index in [1.54, 1.807) is 0 Å². The van der Waals surface area contributed by atoms with Gasteiger partial charge in [0.15, 0.2) is 0 Å². The Morgan fingerprint density at radius 2 is 1.94 bits per heavy atom. The standard InChI is InChI=1S/C10H9ClF4S/c11-5-1-2-7-3-4-9(8(12)6-7)16-10(13,14)15/h3-4,6H,1-2,5H2. The van der Waals surface area contributed by atoms with Crippen LogP contribution in [-0.2, 0) is 6.42 Å². The van der Waals surface area contributed by atoms with Gasteiger partial charge >= 0.3 is 5.51 Å². The molecule has 90 valence electrons. The molecule has 0 fully saturated rings. The summed E-state index contributed by atoms with van der Waals surface area (Å²) in [5.41, 5.74) is -3.80. The molecular weight excluding hydrogens is 264 g/mol. The zero-order valence-electron chi connectivity index (χ0n) is 8.15. The van der Waals surface area contributed by atoms with Crippen LogP contribution in [0.4, 0.5) is 17.6 Å². The molecule has 0 aliphatic rings. The number of hydrogen-bond acceptors (Lipinski definition) is 1. The van der Waals surface area contributed by atoms with E-state index in [0.29, 0.717) is 24.3 Å². The van der Waals surface area contributed by atoms with Gasteiger partial charge in [-0.1, -0.05) is 6.07 Å². The molecule has 1 aromatic carbocycles. The van der Waals surface area contributed by atoms with Crippen molar-refractivity contribution in [2.45, 2.75) is 23.2 Å². The highest BCUT2D eigenvalue weighted by Crippen LogP contribution is 2.38. The van der Waals surface area contributed by atoms with Crippen LogP contribution >= 0.6 is 23.4 Å². The van der Waals surface area contributed by atoms with Crippen molar-refractivity contribution >= 4 is 23.4 Å². The predicted molar refractivity (Wildman–Crippen MR) is 57.4 cm³/mol. The number of benzene rings is 1. The van der Waals surface area contributed by atoms with Crippen molar-refractivity contribution in [3.05, 3.63) is 29.6 Å². The normalized spacial score (nSPS) is 11.8. The number of rotatable bonds is 4. The minimum atomic E-state index is -4.46. The first-order valence-electron chi connectivity index (χ1n) is 4.52. The van der Waals surface area contributed by atoms with Gasteiger partial charge in [0.2, 0.25) is 0 Å². The molecule has 16 heavy (non-hydrogen) atoms. The Hall–Kier alpha value is -0.420. The summed E-state index contributed by atoms with van der Waals surface area (Å²) in [5, 5.41) is 0. The van der Waals surface area contributed by atoms with Crippen LogP contribution in [-0.4, -0.2) is 11.4 Å². The topological polar surface area (TPSA) is 0 Å². The highest BCUT2D eigenvalue weighted by Gasteiger charge is 2.30. The first-order valence-corrected chi connectivity index (χ1v) is 5.87. The van der Waals surface area contributed by atoms with Gasteiger partial charge in [-0.3, -0.25) is 0 Å². The maximum absolute atomic E-state index is 13.3. The highest BCUT2D eigenvalue weighted by atomic mass is 35.5. The first-order chi connectivity index (χ1) is 7.42. The molecule has 0 aliphatic carbocycles. The highest BCUT2D eigenvalue weighted by molar-refractivity contribution is 8.00. The van der Waals surface area contributed by atoms with Crippen molar-refractivity contribution < 1.29 is 17.6 Å². The van der Waals surface area contributed by atoms with Crippen LogP contribution in [0.5, 0.6) is 0 Å². The summed E-state index contributed by atoms with van der Waals surface area (Å²) >= 11 is 5.02. The number of thioether (sulfide) groups is 1. The van der Waals surface area contributed by atoms with E-state index in [2.05, 4.69) is 0 Å². The molecule has 0 radical (unpaired) electrons. The third kappa shape index (κ3) is 4.61. The van der Waals surface area contributed by atoms with E-state index >= 15 is 0 Å². The lowest BCUT2D eigenvalue weighted by atomic mass is 10.1. The fraction of sp³-hybridized carbons (Fsp3) is 0.400. The van der Waals surface area contributed by atoms with Gasteiger partial charge in [0.05, 0.1) is 4.90 Å². The summed E-state index contributed by atoms with van der Waals surface area (Å²) in [5.74, 6) is -0.393. The zero-order chi connectivity index (χ0) is 12.2. The molecule has 0 atom stereocenters. The second kappa shape index (κ2) is 5.77. The predicted octanol–water partition coefficient (Wildman–Crippen LogP) is 4.61. The molecule has 0 spiro atoms. The summed E-state index contributed by atoms with van der Waals surface area (Å²) < 4.78 is 49.3. The van der Waals surface area contributed by atoms with Crippen molar-refractivity contribution in [1.82, 2.24) is 0 Å². The lowest BCUT2D eigenvalue weighted by molar-refractivity contribution is -0.0329. The molecule has 1 rings (SSSR count). The smallest absolute Gasteiger partial charge is 0.206 e. The molecule has 6 heteroatoms. The van der Waals surface area contributed by atoms with Crippen LogP contribution in [0, 0.1) is 5.82 Å². The summed E-state index contributed by atoms with van der Waals surface area (Å²) in [6.07, 6.45) is 1.24. The molecule has 0 bridgehead atoms. The van der Waals surface area contributed by atoms with Crippen molar-refractivity contribution in [2.75, 3.05) is 5.88 Å². The lowest BCUT2D eigenvalue weighted by Crippen LogP contribution is -2.00. The van der Waals surface area contributed by atoms with E-state index < -0.39 is 28.0 Å². The third-order valence-corrected chi connectivity index (χ3v) is 2.87. The minimum absolute atomic E-state index is 0.401. The second-order valence-electron chi connectivity index (χ2n) is 3.11. The maximum atomic E-state index is 13.3. The van der Waals surface area contributed by atoms with E-state index in [1.807, 2.05) is 0 Å². The quantitative estimate of drug-likeness (QED) is 0.438. The van der Waals surface area contributed by atoms with Crippen LogP contribution in [0.1, 0.15) is 12.0 Å². The van der Waals surface area contributed by atoms with E-state index in [1.165, 1.54) is 6.07 Å². The summed E-state index contributed by atoms with van der Waals surface area (Å²) in [6, 6.07) is 3.77. The van der Waals surface area contributed by atoms with Crippen LogP contribution in [0.2, 0.25) is 0 Å². The van der Waals surface area contributed by atoms with Gasteiger partial charge in [0.1, 0.15) is 5.82 Å². The van der Waals surface area contributed by atoms with Crippen molar-refractivity contribution in [3.8, 4) is 0 Å². The van der Waals surface area contributed by atoms with Crippen LogP contribution < -0.4 is 0 Å². The second-order valence-corrected chi connectivity index (χ2v) is 4.59. The molecule has 0 nitrogen and oxygen atoms in total. The molecule has 0 saturated carbocycles. The van der Waals surface area contributed by atoms with Gasteiger partial charge in [-0.2, -0.15) is 13.2 Å². The number of halogens is 5. The lowest BCUT2D eigenvalue weighted by Gasteiger charge is -2.07. The molecule has 0 aromatic heterocycles. The van der Waals surface area contributed by atoms with Crippen LogP contribution in [0.15, 0.2) is 23.1 Å². The third-order valence-electron chi connectivity index (χ3n) is 1.82. The van der Waals surface area contributed by atoms with Crippen LogP contribution in [0.25, 0.3) is 0 Å². The molecule has 0 unspecified atom stereocenters. The average Bonchev–Trinajstić information content (AvgIpc) is 2.17. The van der Waals surface area contributed by atoms with Gasteiger partial charge in [0.25, 0.3) is 0 Å². The maximum Gasteiger partial charge on any atom is 0.446 e. The largest absolute Gasteiger partial charge is 0.446 e. The van der Waals surface area contributed by atoms with Gasteiger partial charge in [-0.05, 0) is 42.3 Å². The Kier molecular flexibility index (Phi) is 4.92. The Balaban J connectivity index is 2.75. The average molecular weight is 273 g/mol. The molecule has 0 N–H and O–H groups in total. The molecule has 0 saturated heterocycles. The fourth-order valence-corrected chi connectivity index (χ4v) is 1.85. The molecule has 0 aliphatic heterocycles. The van der Waals surface area contributed by atoms with E-state index in [9.17, 15) is 17.6 Å². The Bertz CT molecular complexity index is 351. The number of hydrogen-bond donors (Lipinski definition) is 0. The van der Waals surface area contributed by atoms with Crippen molar-refractivity contribution in [2.24, 2.45) is 0 Å². The zero-order valence-corrected chi connectivity index (χ0v) is 9.72. The summed E-state index contributed by atoms with van der Waals surface area (Å²) in [4.78, 5) is -0.401. The monoisotopic (exact) mass is 272 g/mol. The van der Waals surface area contributed by atoms with E-state index in [-0.39, 0.29) is 0 Å². The van der Waals surface area contributed by atoms with Gasteiger partial charge in [0, 0.05) is 5.88 Å². The SMILES string of the molecule is Fc1cc(CCCCl)ccc1SC(F)(F)F. The number of aryl methyl sites for hydroxylation is 1. The van der Waals surface area contributed by atoms with E-state index in [0.717, 1.165) is 12.1 Å². The van der Waals surface area contributed by atoms with E-state index in [4.69, 9.17) is 11.6 Å². The summed E-state index contributed by atoms with van der Waals surface area (Å²) in [6.45, 7) is 0. The van der Waals surface area contributed by atoms with Gasteiger partial charge in [-0.25, -0.2) is 4.39 Å². The molecule has 0 heterocycles. The molecule has 1 aromatic rings. The van der Waals surface area contributed by atoms with Crippen molar-refractivity contribution in [1.29, 1.82) is 0 Å². The van der Waals surface area contributed by atoms with Gasteiger partial charge in [-0.15, -0.1) is 11.6 Å². The van der Waals surface area contributed by atoms with Gasteiger partial charge < -0.3 is 0 Å². The Morgan fingerprint density at radius 3 is 2.44 bits per heavy atom. The Morgan fingerprint density at radius 1 is 1.25 bits per heavy atom. The Labute approximate surface area is 100.0 Å². The molecular formula is C10H9ClF4S. The minimum Gasteiger partial charge on any atom is -0.206 e.